The molecule has 196 valence electrons. The molecule has 0 N–H and O–H groups in total. The van der Waals surface area contributed by atoms with Gasteiger partial charge in [0.15, 0.2) is 11.6 Å². The topological polar surface area (TPSA) is 52.6 Å². The summed E-state index contributed by atoms with van der Waals surface area (Å²) in [5.74, 6) is 4.02. The minimum Gasteiger partial charge on any atom is -0.402 e. The molecule has 0 aromatic rings. The van der Waals surface area contributed by atoms with Gasteiger partial charge in [0.05, 0.1) is 31.9 Å². The van der Waals surface area contributed by atoms with Crippen molar-refractivity contribution in [3.8, 4) is 0 Å². The van der Waals surface area contributed by atoms with E-state index in [2.05, 4.69) is 24.6 Å². The Labute approximate surface area is 229 Å². The van der Waals surface area contributed by atoms with Crippen molar-refractivity contribution in [1.29, 1.82) is 0 Å². The standard InChI is InChI=1S/C26H41BO4S4/c1-25(2,3)21(28)19-11-14(23(32-7)34-19)9-10-27-30-17-12-15-16(13-18(17)31-27)24(33-8)35-20(15)22(29)26(4,5)6/h9-10,14-20,23-24H,11-13H2,1-8H3/b10-9+. The first-order chi connectivity index (χ1) is 16.3. The van der Waals surface area contributed by atoms with Crippen LogP contribution in [0.5, 0.6) is 0 Å². The predicted molar refractivity (Wildman–Crippen MR) is 155 cm³/mol. The molecule has 3 saturated heterocycles. The first kappa shape index (κ1) is 28.5. The van der Waals surface area contributed by atoms with Crippen LogP contribution < -0.4 is 0 Å². The Hall–Kier alpha value is 0.465. The summed E-state index contributed by atoms with van der Waals surface area (Å²) in [6, 6.07) is 0. The van der Waals surface area contributed by atoms with Crippen molar-refractivity contribution in [2.45, 2.75) is 92.7 Å². The third-order valence-corrected chi connectivity index (χ3v) is 14.0. The fourth-order valence-electron chi connectivity index (χ4n) is 5.83. The lowest BCUT2D eigenvalue weighted by Crippen LogP contribution is -2.43. The monoisotopic (exact) mass is 556 g/mol. The summed E-state index contributed by atoms with van der Waals surface area (Å²) in [5.41, 5.74) is -0.617. The zero-order valence-corrected chi connectivity index (χ0v) is 25.6. The molecule has 0 spiro atoms. The number of ketones is 2. The number of carbonyl (C=O) groups is 2. The van der Waals surface area contributed by atoms with E-state index >= 15 is 0 Å². The van der Waals surface area contributed by atoms with Crippen LogP contribution in [0.3, 0.4) is 0 Å². The Morgan fingerprint density at radius 1 is 0.829 bits per heavy atom. The van der Waals surface area contributed by atoms with E-state index in [1.807, 2.05) is 88.6 Å². The van der Waals surface area contributed by atoms with Crippen LogP contribution in [0.1, 0.15) is 60.8 Å². The van der Waals surface area contributed by atoms with Crippen molar-refractivity contribution in [2.24, 2.45) is 28.6 Å². The summed E-state index contributed by atoms with van der Waals surface area (Å²) < 4.78 is 13.6. The van der Waals surface area contributed by atoms with E-state index in [-0.39, 0.29) is 40.7 Å². The highest BCUT2D eigenvalue weighted by Crippen LogP contribution is 2.56. The summed E-state index contributed by atoms with van der Waals surface area (Å²) in [5, 5.41) is 0.125. The van der Waals surface area contributed by atoms with Crippen LogP contribution in [-0.2, 0) is 18.9 Å². The van der Waals surface area contributed by atoms with Gasteiger partial charge in [0.25, 0.3) is 0 Å². The van der Waals surface area contributed by atoms with Crippen LogP contribution >= 0.6 is 47.0 Å². The highest BCUT2D eigenvalue weighted by atomic mass is 32.2. The Kier molecular flexibility index (Phi) is 8.88. The number of Topliss-reactive ketones (excluding diaryl/α,β-unsaturated/α-hetero) is 2. The molecule has 3 aliphatic heterocycles. The number of allylic oxidation sites excluding steroid dienone is 1. The zero-order valence-electron chi connectivity index (χ0n) is 22.3. The highest BCUT2D eigenvalue weighted by Gasteiger charge is 2.56. The minimum atomic E-state index is -0.328. The molecule has 4 nitrogen and oxygen atoms in total. The molecular weight excluding hydrogens is 515 g/mol. The van der Waals surface area contributed by atoms with Gasteiger partial charge in [-0.25, -0.2) is 0 Å². The van der Waals surface area contributed by atoms with Crippen molar-refractivity contribution < 1.29 is 18.9 Å². The summed E-state index contributed by atoms with van der Waals surface area (Å²) in [4.78, 5) is 26.1. The van der Waals surface area contributed by atoms with Crippen LogP contribution in [-0.4, -0.2) is 63.1 Å². The predicted octanol–water partition coefficient (Wildman–Crippen LogP) is 6.23. The molecule has 9 unspecified atom stereocenters. The minimum absolute atomic E-state index is 0.0618. The first-order valence-corrected chi connectivity index (χ1v) is 17.2. The van der Waals surface area contributed by atoms with Gasteiger partial charge in [-0.2, -0.15) is 23.5 Å². The van der Waals surface area contributed by atoms with Crippen LogP contribution in [0.2, 0.25) is 0 Å². The van der Waals surface area contributed by atoms with Crippen molar-refractivity contribution >= 4 is 65.7 Å². The van der Waals surface area contributed by atoms with E-state index in [1.165, 1.54) is 0 Å². The Balaban J connectivity index is 1.40. The van der Waals surface area contributed by atoms with E-state index in [9.17, 15) is 9.59 Å². The van der Waals surface area contributed by atoms with Crippen molar-refractivity contribution in [1.82, 2.24) is 0 Å². The van der Waals surface area contributed by atoms with Crippen LogP contribution in [0, 0.1) is 28.6 Å². The van der Waals surface area contributed by atoms with Gasteiger partial charge in [0.2, 0.25) is 0 Å². The molecular formula is C26H41BO4S4. The number of hydrogen-bond acceptors (Lipinski definition) is 8. The molecule has 0 aromatic heterocycles. The van der Waals surface area contributed by atoms with Crippen molar-refractivity contribution in [3.05, 3.63) is 12.1 Å². The van der Waals surface area contributed by atoms with Crippen molar-refractivity contribution in [3.63, 3.8) is 0 Å². The molecule has 4 aliphatic rings. The second kappa shape index (κ2) is 10.9. The van der Waals surface area contributed by atoms with E-state index in [0.717, 1.165) is 19.3 Å². The van der Waals surface area contributed by atoms with Gasteiger partial charge >= 0.3 is 7.12 Å². The Morgan fingerprint density at radius 2 is 1.40 bits per heavy atom. The zero-order chi connectivity index (χ0) is 25.7. The van der Waals surface area contributed by atoms with E-state index in [0.29, 0.717) is 38.5 Å². The average Bonchev–Trinajstić information content (AvgIpc) is 3.47. The van der Waals surface area contributed by atoms with Gasteiger partial charge in [0, 0.05) is 10.8 Å². The fraction of sp³-hybridized carbons (Fsp3) is 0.846. The van der Waals surface area contributed by atoms with Gasteiger partial charge in [-0.3, -0.25) is 9.59 Å². The van der Waals surface area contributed by atoms with Gasteiger partial charge in [-0.15, -0.1) is 23.5 Å². The van der Waals surface area contributed by atoms with Crippen LogP contribution in [0.4, 0.5) is 0 Å². The van der Waals surface area contributed by atoms with Crippen LogP contribution in [0.15, 0.2) is 12.1 Å². The van der Waals surface area contributed by atoms with Gasteiger partial charge in [-0.1, -0.05) is 53.6 Å². The summed E-state index contributed by atoms with van der Waals surface area (Å²) in [7, 11) is -0.328. The quantitative estimate of drug-likeness (QED) is 0.357. The molecule has 1 saturated carbocycles. The van der Waals surface area contributed by atoms with E-state index < -0.39 is 0 Å². The number of carbonyl (C=O) groups excluding carboxylic acids is 2. The molecule has 4 fully saturated rings. The molecule has 0 radical (unpaired) electrons. The average molecular weight is 557 g/mol. The molecule has 0 amide bonds. The summed E-state index contributed by atoms with van der Waals surface area (Å²) in [6.07, 6.45) is 9.47. The lowest BCUT2D eigenvalue weighted by molar-refractivity contribution is -0.127. The smallest absolute Gasteiger partial charge is 0.402 e. The third kappa shape index (κ3) is 6.05. The maximum absolute atomic E-state index is 13.2. The second-order valence-electron chi connectivity index (χ2n) is 12.4. The van der Waals surface area contributed by atoms with E-state index in [4.69, 9.17) is 9.31 Å². The SMILES string of the molecule is CSC1SC(C(=O)C(C)(C)C)CC1/C=C/B1OC2CC3C(SC)SC(C(=O)C(C)(C)C)C3CC2O1. The van der Waals surface area contributed by atoms with E-state index in [1.54, 1.807) is 0 Å². The molecule has 9 heteroatoms. The highest BCUT2D eigenvalue weighted by molar-refractivity contribution is 8.18. The normalized spacial score (nSPS) is 39.8. The number of rotatable bonds is 6. The lowest BCUT2D eigenvalue weighted by atomic mass is 9.72. The molecule has 4 rings (SSSR count). The van der Waals surface area contributed by atoms with Crippen molar-refractivity contribution in [2.75, 3.05) is 12.5 Å². The Morgan fingerprint density at radius 3 is 1.94 bits per heavy atom. The van der Waals surface area contributed by atoms with Gasteiger partial charge < -0.3 is 9.31 Å². The van der Waals surface area contributed by atoms with Crippen LogP contribution in [0.25, 0.3) is 0 Å². The molecule has 9 atom stereocenters. The first-order valence-electron chi connectivity index (χ1n) is 12.8. The summed E-state index contributed by atoms with van der Waals surface area (Å²) in [6.45, 7) is 12.2. The lowest BCUT2D eigenvalue weighted by Gasteiger charge is -2.37. The number of hydrogen-bond donors (Lipinski definition) is 0. The maximum Gasteiger partial charge on any atom is 0.486 e. The molecule has 35 heavy (non-hydrogen) atoms. The van der Waals surface area contributed by atoms with Gasteiger partial charge in [-0.05, 0) is 49.5 Å². The fourth-order valence-corrected chi connectivity index (χ4v) is 12.0. The molecule has 3 heterocycles. The third-order valence-electron chi connectivity index (χ3n) is 7.75. The molecule has 0 bridgehead atoms. The number of thioether (sulfide) groups is 4. The van der Waals surface area contributed by atoms with Gasteiger partial charge in [0.1, 0.15) is 0 Å². The number of fused-ring (bicyclic) bond motifs is 2. The second-order valence-corrected chi connectivity index (χ2v) is 17.6. The molecule has 1 aliphatic carbocycles. The largest absolute Gasteiger partial charge is 0.486 e. The Bertz CT molecular complexity index is 838. The maximum atomic E-state index is 13.2. The molecule has 0 aromatic carbocycles. The summed E-state index contributed by atoms with van der Waals surface area (Å²) >= 11 is 7.42.